The van der Waals surface area contributed by atoms with Gasteiger partial charge in [-0.1, -0.05) is 47.8 Å². The third-order valence-corrected chi connectivity index (χ3v) is 8.76. The van der Waals surface area contributed by atoms with Crippen LogP contribution < -0.4 is 21.8 Å². The van der Waals surface area contributed by atoms with Crippen LogP contribution in [0.15, 0.2) is 80.6 Å². The van der Waals surface area contributed by atoms with Crippen molar-refractivity contribution in [3.05, 3.63) is 92.8 Å². The van der Waals surface area contributed by atoms with Gasteiger partial charge in [0.1, 0.15) is 0 Å². The molecule has 16 heteroatoms. The number of anilines is 2. The highest BCUT2D eigenvalue weighted by molar-refractivity contribution is 8.00. The number of aromatic nitrogens is 8. The molecule has 0 saturated carbocycles. The number of fused-ring (bicyclic) bond motifs is 2. The molecule has 0 fully saturated rings. The average Bonchev–Trinajstić information content (AvgIpc) is 3.65. The second-order valence-electron chi connectivity index (χ2n) is 10.3. The summed E-state index contributed by atoms with van der Waals surface area (Å²) >= 11 is 2.21. The lowest BCUT2D eigenvalue weighted by molar-refractivity contribution is -0.114. The Bertz CT molecular complexity index is 2050. The summed E-state index contributed by atoms with van der Waals surface area (Å²) in [7, 11) is 0. The lowest BCUT2D eigenvalue weighted by Gasteiger charge is -2.16. The van der Waals surface area contributed by atoms with Crippen LogP contribution in [-0.4, -0.2) is 62.8 Å². The van der Waals surface area contributed by atoms with Crippen LogP contribution in [0.1, 0.15) is 11.4 Å². The number of nitrogens with one attached hydrogen (secondary N) is 4. The third-order valence-electron chi connectivity index (χ3n) is 6.81. The van der Waals surface area contributed by atoms with E-state index in [0.717, 1.165) is 34.9 Å². The van der Waals surface area contributed by atoms with Crippen molar-refractivity contribution in [2.75, 3.05) is 22.1 Å². The first-order valence-corrected chi connectivity index (χ1v) is 16.1. The first-order valence-electron chi connectivity index (χ1n) is 14.1. The molecule has 4 heterocycles. The molecule has 14 nitrogen and oxygen atoms in total. The number of thioether (sulfide) groups is 2. The standard InChI is InChI=1S/C30H28N10O4S2/c1-17-13-23(37-35-17)33-25(41)15-45-29-31-21-9-5-3-7-19(21)27(43)39(29)11-12-40-28(44)20-8-4-6-10-22(20)32-30(40)46-16-26(42)34-24-14-18(2)36-38-24/h3-10,13-14H,11-12,15-16H2,1-2H3,(H2,33,35,37,41)(H2,34,36,38,42). The summed E-state index contributed by atoms with van der Waals surface area (Å²) in [6, 6.07) is 17.3. The third kappa shape index (κ3) is 6.87. The van der Waals surface area contributed by atoms with Crippen molar-refractivity contribution in [3.8, 4) is 0 Å². The number of H-pyrrole nitrogens is 2. The second kappa shape index (κ2) is 13.4. The monoisotopic (exact) mass is 656 g/mol. The maximum Gasteiger partial charge on any atom is 0.262 e. The number of hydrogen-bond acceptors (Lipinski definition) is 10. The lowest BCUT2D eigenvalue weighted by atomic mass is 10.2. The lowest BCUT2D eigenvalue weighted by Crippen LogP contribution is -2.30. The Morgan fingerprint density at radius 3 is 1.50 bits per heavy atom. The average molecular weight is 657 g/mol. The minimum absolute atomic E-state index is 0.0279. The number of rotatable bonds is 11. The van der Waals surface area contributed by atoms with E-state index in [9.17, 15) is 19.2 Å². The number of nitrogens with zero attached hydrogens (tertiary/aromatic N) is 6. The van der Waals surface area contributed by atoms with E-state index in [1.807, 2.05) is 13.8 Å². The van der Waals surface area contributed by atoms with E-state index in [4.69, 9.17) is 0 Å². The highest BCUT2D eigenvalue weighted by Crippen LogP contribution is 2.21. The van der Waals surface area contributed by atoms with E-state index in [-0.39, 0.29) is 47.5 Å². The maximum absolute atomic E-state index is 13.7. The van der Waals surface area contributed by atoms with Crippen molar-refractivity contribution in [1.82, 2.24) is 39.5 Å². The molecular weight excluding hydrogens is 629 g/mol. The van der Waals surface area contributed by atoms with Crippen molar-refractivity contribution < 1.29 is 9.59 Å². The number of carbonyl (C=O) groups is 2. The van der Waals surface area contributed by atoms with Crippen LogP contribution in [0.3, 0.4) is 0 Å². The molecule has 2 amide bonds. The van der Waals surface area contributed by atoms with Gasteiger partial charge in [0.05, 0.1) is 33.3 Å². The van der Waals surface area contributed by atoms with Gasteiger partial charge < -0.3 is 10.6 Å². The molecule has 0 aliphatic heterocycles. The molecule has 0 saturated heterocycles. The Hall–Kier alpha value is -5.22. The van der Waals surface area contributed by atoms with Gasteiger partial charge in [-0.15, -0.1) is 0 Å². The fourth-order valence-electron chi connectivity index (χ4n) is 4.69. The highest BCUT2D eigenvalue weighted by atomic mass is 32.2. The summed E-state index contributed by atoms with van der Waals surface area (Å²) in [6.45, 7) is 3.77. The zero-order valence-corrected chi connectivity index (χ0v) is 26.4. The second-order valence-corrected chi connectivity index (χ2v) is 12.2. The number of amides is 2. The Balaban J connectivity index is 1.28. The maximum atomic E-state index is 13.7. The van der Waals surface area contributed by atoms with E-state index >= 15 is 0 Å². The molecule has 6 rings (SSSR count). The van der Waals surface area contributed by atoms with Gasteiger partial charge in [-0.25, -0.2) is 9.97 Å². The molecule has 0 spiro atoms. The van der Waals surface area contributed by atoms with Crippen molar-refractivity contribution >= 4 is 68.8 Å². The van der Waals surface area contributed by atoms with Crippen molar-refractivity contribution in [2.24, 2.45) is 0 Å². The van der Waals surface area contributed by atoms with E-state index in [2.05, 4.69) is 41.0 Å². The van der Waals surface area contributed by atoms with Gasteiger partial charge in [-0.3, -0.25) is 38.5 Å². The number of aromatic amines is 2. The van der Waals surface area contributed by atoms with Crippen LogP contribution in [0.5, 0.6) is 0 Å². The van der Waals surface area contributed by atoms with E-state index in [0.29, 0.717) is 43.8 Å². The molecule has 0 unspecified atom stereocenters. The van der Waals surface area contributed by atoms with E-state index in [1.165, 1.54) is 9.13 Å². The Morgan fingerprint density at radius 1 is 0.696 bits per heavy atom. The van der Waals surface area contributed by atoms with E-state index < -0.39 is 0 Å². The molecule has 0 aliphatic rings. The summed E-state index contributed by atoms with van der Waals surface area (Å²) < 4.78 is 2.92. The largest absolute Gasteiger partial charge is 0.308 e. The van der Waals surface area contributed by atoms with Crippen LogP contribution in [-0.2, 0) is 22.7 Å². The van der Waals surface area contributed by atoms with Gasteiger partial charge in [0.2, 0.25) is 11.8 Å². The molecule has 234 valence electrons. The Morgan fingerprint density at radius 2 is 1.11 bits per heavy atom. The molecule has 2 aromatic carbocycles. The first kappa shape index (κ1) is 30.8. The topological polar surface area (TPSA) is 185 Å². The molecule has 0 aliphatic carbocycles. The predicted octanol–water partition coefficient (Wildman–Crippen LogP) is 3.33. The Kier molecular flexibility index (Phi) is 8.98. The predicted molar refractivity (Wildman–Crippen MR) is 177 cm³/mol. The smallest absolute Gasteiger partial charge is 0.262 e. The van der Waals surface area contributed by atoms with E-state index in [1.54, 1.807) is 60.7 Å². The SMILES string of the molecule is Cc1cc(NC(=O)CSc2nc3ccccc3c(=O)n2CCn2c(SCC(=O)Nc3cc(C)[nH]n3)nc3ccccc3c2=O)n[nH]1. The molecule has 0 atom stereocenters. The summed E-state index contributed by atoms with van der Waals surface area (Å²) in [5.74, 6) is 0.103. The van der Waals surface area contributed by atoms with Crippen LogP contribution in [0.4, 0.5) is 11.6 Å². The van der Waals surface area contributed by atoms with Crippen molar-refractivity contribution in [2.45, 2.75) is 37.2 Å². The van der Waals surface area contributed by atoms with Crippen LogP contribution >= 0.6 is 23.5 Å². The molecule has 0 bridgehead atoms. The fourth-order valence-corrected chi connectivity index (χ4v) is 6.34. The summed E-state index contributed by atoms with van der Waals surface area (Å²) in [4.78, 5) is 62.2. The minimum atomic E-state index is -0.317. The van der Waals surface area contributed by atoms with Crippen LogP contribution in [0.2, 0.25) is 0 Å². The molecular formula is C30H28N10O4S2. The molecule has 6 aromatic rings. The van der Waals surface area contributed by atoms with Gasteiger partial charge in [0.25, 0.3) is 11.1 Å². The molecule has 4 N–H and O–H groups in total. The fraction of sp³-hybridized carbons (Fsp3) is 0.200. The minimum Gasteiger partial charge on any atom is -0.308 e. The van der Waals surface area contributed by atoms with Gasteiger partial charge in [0.15, 0.2) is 21.9 Å². The van der Waals surface area contributed by atoms with Gasteiger partial charge in [-0.05, 0) is 38.1 Å². The summed E-state index contributed by atoms with van der Waals surface area (Å²) in [5.41, 5.74) is 1.99. The molecule has 4 aromatic heterocycles. The van der Waals surface area contributed by atoms with Gasteiger partial charge >= 0.3 is 0 Å². The number of benzene rings is 2. The van der Waals surface area contributed by atoms with Crippen LogP contribution in [0.25, 0.3) is 21.8 Å². The normalized spacial score (nSPS) is 11.3. The molecule has 46 heavy (non-hydrogen) atoms. The van der Waals surface area contributed by atoms with Crippen molar-refractivity contribution in [1.29, 1.82) is 0 Å². The Labute approximate surface area is 269 Å². The molecule has 0 radical (unpaired) electrons. The number of carbonyl (C=O) groups excluding carboxylic acids is 2. The quantitative estimate of drug-likeness (QED) is 0.119. The van der Waals surface area contributed by atoms with Gasteiger partial charge in [-0.2, -0.15) is 10.2 Å². The zero-order chi connectivity index (χ0) is 32.2. The first-order chi connectivity index (χ1) is 22.2. The van der Waals surface area contributed by atoms with Gasteiger partial charge in [0, 0.05) is 36.6 Å². The van der Waals surface area contributed by atoms with Crippen molar-refractivity contribution in [3.63, 3.8) is 0 Å². The highest BCUT2D eigenvalue weighted by Gasteiger charge is 2.18. The summed E-state index contributed by atoms with van der Waals surface area (Å²) in [5, 5.41) is 20.5. The number of hydrogen-bond donors (Lipinski definition) is 4. The van der Waals surface area contributed by atoms with Crippen LogP contribution in [0, 0.1) is 13.8 Å². The number of para-hydroxylation sites is 2. The zero-order valence-electron chi connectivity index (χ0n) is 24.7. The number of aryl methyl sites for hydroxylation is 2. The summed E-state index contributed by atoms with van der Waals surface area (Å²) in [6.07, 6.45) is 0.